The predicted molar refractivity (Wildman–Crippen MR) is 117 cm³/mol. The van der Waals surface area contributed by atoms with E-state index in [1.54, 1.807) is 30.6 Å². The second-order valence-corrected chi connectivity index (χ2v) is 8.06. The first-order valence-electron chi connectivity index (χ1n) is 9.04. The van der Waals surface area contributed by atoms with Crippen molar-refractivity contribution in [3.8, 4) is 16.3 Å². The van der Waals surface area contributed by atoms with Crippen molar-refractivity contribution in [2.75, 3.05) is 25.6 Å². The highest BCUT2D eigenvalue weighted by atomic mass is 32.1. The van der Waals surface area contributed by atoms with Crippen LogP contribution in [0, 0.1) is 0 Å². The molecule has 8 nitrogen and oxygen atoms in total. The fraction of sp³-hybridized carbons (Fsp3) is 0.200. The number of pyridine rings is 1. The van der Waals surface area contributed by atoms with Crippen LogP contribution >= 0.6 is 22.7 Å². The van der Waals surface area contributed by atoms with Gasteiger partial charge >= 0.3 is 0 Å². The molecule has 0 bridgehead atoms. The quantitative estimate of drug-likeness (QED) is 0.421. The molecule has 10 heteroatoms. The summed E-state index contributed by atoms with van der Waals surface area (Å²) in [5.74, 6) is 0.0930. The molecule has 0 aliphatic heterocycles. The Morgan fingerprint density at radius 1 is 1.20 bits per heavy atom. The Labute approximate surface area is 179 Å². The predicted octanol–water partition coefficient (Wildman–Crippen LogP) is 3.25. The number of amides is 1. The van der Waals surface area contributed by atoms with Gasteiger partial charge in [0, 0.05) is 29.0 Å². The number of hydrogen-bond acceptors (Lipinski definition) is 8. The highest BCUT2D eigenvalue weighted by Gasteiger charge is 2.15. The Morgan fingerprint density at radius 3 is 2.83 bits per heavy atom. The van der Waals surface area contributed by atoms with Crippen molar-refractivity contribution >= 4 is 44.5 Å². The lowest BCUT2D eigenvalue weighted by Gasteiger charge is -2.08. The average molecular weight is 443 g/mol. The molecule has 0 fully saturated rings. The molecule has 0 aromatic carbocycles. The van der Waals surface area contributed by atoms with E-state index in [2.05, 4.69) is 15.3 Å². The molecule has 1 amide bonds. The minimum Gasteiger partial charge on any atom is -0.475 e. The summed E-state index contributed by atoms with van der Waals surface area (Å²) in [5.41, 5.74) is 1.13. The van der Waals surface area contributed by atoms with Gasteiger partial charge in [0.15, 0.2) is 0 Å². The van der Waals surface area contributed by atoms with E-state index in [9.17, 15) is 9.59 Å². The van der Waals surface area contributed by atoms with E-state index in [0.717, 1.165) is 10.4 Å². The molecule has 4 aromatic heterocycles. The van der Waals surface area contributed by atoms with E-state index < -0.39 is 0 Å². The normalized spacial score (nSPS) is 11.0. The van der Waals surface area contributed by atoms with Gasteiger partial charge in [-0.1, -0.05) is 6.07 Å². The number of ether oxygens (including phenoxy) is 2. The molecule has 0 spiro atoms. The van der Waals surface area contributed by atoms with Gasteiger partial charge in [0.25, 0.3) is 5.56 Å². The minimum absolute atomic E-state index is 0.145. The standard InChI is InChI=1S/C20H18N4O4S2/c1-27-6-7-28-17-5-4-13(9-21-17)23-16(25)10-24-12-22-19-18(20(24)26)14(11-30-19)15-3-2-8-29-15/h2-5,8-9,11-12H,6-7,10H2,1H3,(H,23,25). The van der Waals surface area contributed by atoms with Crippen molar-refractivity contribution < 1.29 is 14.3 Å². The number of nitrogens with zero attached hydrogens (tertiary/aromatic N) is 3. The second-order valence-electron chi connectivity index (χ2n) is 6.26. The summed E-state index contributed by atoms with van der Waals surface area (Å²) in [7, 11) is 1.59. The van der Waals surface area contributed by atoms with Gasteiger partial charge in [-0.2, -0.15) is 0 Å². The monoisotopic (exact) mass is 442 g/mol. The number of nitrogens with one attached hydrogen (secondary N) is 1. The van der Waals surface area contributed by atoms with Crippen molar-refractivity contribution in [1.82, 2.24) is 14.5 Å². The summed E-state index contributed by atoms with van der Waals surface area (Å²) in [4.78, 5) is 35.6. The van der Waals surface area contributed by atoms with Gasteiger partial charge in [-0.05, 0) is 17.5 Å². The van der Waals surface area contributed by atoms with Gasteiger partial charge in [-0.25, -0.2) is 9.97 Å². The van der Waals surface area contributed by atoms with Crippen LogP contribution in [0.2, 0.25) is 0 Å². The first kappa shape index (κ1) is 20.2. The van der Waals surface area contributed by atoms with Crippen LogP contribution in [0.4, 0.5) is 5.69 Å². The van der Waals surface area contributed by atoms with Gasteiger partial charge in [-0.15, -0.1) is 22.7 Å². The molecule has 0 saturated carbocycles. The number of hydrogen-bond donors (Lipinski definition) is 1. The largest absolute Gasteiger partial charge is 0.475 e. The highest BCUT2D eigenvalue weighted by Crippen LogP contribution is 2.33. The fourth-order valence-corrected chi connectivity index (χ4v) is 4.54. The molecule has 0 unspecified atom stereocenters. The molecular formula is C20H18N4O4S2. The van der Waals surface area contributed by atoms with Crippen LogP contribution in [-0.2, 0) is 16.1 Å². The number of thiophene rings is 2. The Kier molecular flexibility index (Phi) is 6.17. The third-order valence-electron chi connectivity index (χ3n) is 4.22. The lowest BCUT2D eigenvalue weighted by atomic mass is 10.2. The van der Waals surface area contributed by atoms with Gasteiger partial charge in [0.1, 0.15) is 18.0 Å². The molecule has 0 saturated heterocycles. The number of aromatic nitrogens is 3. The lowest BCUT2D eigenvalue weighted by molar-refractivity contribution is -0.116. The molecule has 0 radical (unpaired) electrons. The van der Waals surface area contributed by atoms with Crippen molar-refractivity contribution in [2.45, 2.75) is 6.54 Å². The third kappa shape index (κ3) is 4.40. The van der Waals surface area contributed by atoms with Crippen LogP contribution in [0.15, 0.2) is 52.3 Å². The van der Waals surface area contributed by atoms with Gasteiger partial charge in [0.05, 0.1) is 30.2 Å². The summed E-state index contributed by atoms with van der Waals surface area (Å²) >= 11 is 2.98. The van der Waals surface area contributed by atoms with E-state index in [4.69, 9.17) is 9.47 Å². The zero-order chi connectivity index (χ0) is 20.9. The number of carbonyl (C=O) groups excluding carboxylic acids is 1. The summed E-state index contributed by atoms with van der Waals surface area (Å²) < 4.78 is 11.6. The Morgan fingerprint density at radius 2 is 2.10 bits per heavy atom. The summed E-state index contributed by atoms with van der Waals surface area (Å²) in [6, 6.07) is 7.24. The van der Waals surface area contributed by atoms with Gasteiger partial charge < -0.3 is 14.8 Å². The first-order chi connectivity index (χ1) is 14.7. The Hall–Kier alpha value is -3.08. The molecule has 154 valence electrons. The smallest absolute Gasteiger partial charge is 0.263 e. The van der Waals surface area contributed by atoms with Gasteiger partial charge in [0.2, 0.25) is 11.8 Å². The topological polar surface area (TPSA) is 95.3 Å². The molecule has 30 heavy (non-hydrogen) atoms. The molecule has 0 atom stereocenters. The fourth-order valence-electron chi connectivity index (χ4n) is 2.82. The number of anilines is 1. The lowest BCUT2D eigenvalue weighted by Crippen LogP contribution is -2.27. The third-order valence-corrected chi connectivity index (χ3v) is 6.01. The average Bonchev–Trinajstić information content (AvgIpc) is 3.41. The maximum absolute atomic E-state index is 13.0. The molecule has 1 N–H and O–H groups in total. The number of methoxy groups -OCH3 is 1. The van der Waals surface area contributed by atoms with E-state index in [1.165, 1.54) is 28.4 Å². The van der Waals surface area contributed by atoms with Gasteiger partial charge in [-0.3, -0.25) is 14.2 Å². The van der Waals surface area contributed by atoms with Crippen LogP contribution < -0.4 is 15.6 Å². The minimum atomic E-state index is -0.346. The molecule has 0 aliphatic rings. The summed E-state index contributed by atoms with van der Waals surface area (Å²) in [5, 5.41) is 7.16. The van der Waals surface area contributed by atoms with Crippen molar-refractivity contribution in [3.05, 3.63) is 57.9 Å². The Balaban J connectivity index is 1.47. The Bertz CT molecular complexity index is 1200. The van der Waals surface area contributed by atoms with Crippen LogP contribution in [0.25, 0.3) is 20.7 Å². The first-order valence-corrected chi connectivity index (χ1v) is 10.8. The number of fused-ring (bicyclic) bond motifs is 1. The SMILES string of the molecule is COCCOc1ccc(NC(=O)Cn2cnc3scc(-c4cccs4)c3c2=O)cn1. The van der Waals surface area contributed by atoms with E-state index in [1.807, 2.05) is 22.9 Å². The van der Waals surface area contributed by atoms with Crippen molar-refractivity contribution in [1.29, 1.82) is 0 Å². The van der Waals surface area contributed by atoms with E-state index in [0.29, 0.717) is 35.0 Å². The summed E-state index contributed by atoms with van der Waals surface area (Å²) in [6.07, 6.45) is 2.90. The molecule has 4 heterocycles. The van der Waals surface area contributed by atoms with Crippen molar-refractivity contribution in [3.63, 3.8) is 0 Å². The zero-order valence-electron chi connectivity index (χ0n) is 16.0. The molecular weight excluding hydrogens is 424 g/mol. The molecule has 4 aromatic rings. The van der Waals surface area contributed by atoms with E-state index >= 15 is 0 Å². The maximum atomic E-state index is 13.0. The van der Waals surface area contributed by atoms with Crippen LogP contribution in [0.3, 0.4) is 0 Å². The summed E-state index contributed by atoms with van der Waals surface area (Å²) in [6.45, 7) is 0.711. The van der Waals surface area contributed by atoms with Crippen LogP contribution in [0.1, 0.15) is 0 Å². The zero-order valence-corrected chi connectivity index (χ0v) is 17.7. The molecule has 0 aliphatic carbocycles. The second kappa shape index (κ2) is 9.16. The van der Waals surface area contributed by atoms with Crippen molar-refractivity contribution in [2.24, 2.45) is 0 Å². The number of rotatable bonds is 8. The number of carbonyl (C=O) groups is 1. The van der Waals surface area contributed by atoms with Crippen LogP contribution in [0.5, 0.6) is 5.88 Å². The highest BCUT2D eigenvalue weighted by molar-refractivity contribution is 7.18. The van der Waals surface area contributed by atoms with Crippen LogP contribution in [-0.4, -0.2) is 40.8 Å². The van der Waals surface area contributed by atoms with E-state index in [-0.39, 0.29) is 18.0 Å². The maximum Gasteiger partial charge on any atom is 0.263 e. The molecule has 4 rings (SSSR count).